The number of nitrogens with zero attached hydrogens (tertiary/aromatic N) is 2. The van der Waals surface area contributed by atoms with Gasteiger partial charge < -0.3 is 5.11 Å². The van der Waals surface area contributed by atoms with Crippen LogP contribution in [-0.4, -0.2) is 29.3 Å². The molecule has 0 unspecified atom stereocenters. The highest BCUT2D eigenvalue weighted by Crippen LogP contribution is 2.19. The van der Waals surface area contributed by atoms with Crippen LogP contribution in [0.4, 0.5) is 5.69 Å². The number of hydrogen-bond donors (Lipinski definition) is 2. The van der Waals surface area contributed by atoms with Crippen molar-refractivity contribution < 1.29 is 18.3 Å². The minimum atomic E-state index is -3.85. The minimum Gasteiger partial charge on any atom is -0.478 e. The zero-order chi connectivity index (χ0) is 15.6. The van der Waals surface area contributed by atoms with E-state index in [0.29, 0.717) is 17.7 Å². The Bertz CT molecular complexity index is 780. The summed E-state index contributed by atoms with van der Waals surface area (Å²) in [4.78, 5) is 11.1. The van der Waals surface area contributed by atoms with Gasteiger partial charge in [0.1, 0.15) is 0 Å². The number of nitrogens with one attached hydrogen (secondary N) is 1. The topological polar surface area (TPSA) is 101 Å². The molecule has 2 aromatic rings. The van der Waals surface area contributed by atoms with Gasteiger partial charge in [0.25, 0.3) is 10.0 Å². The maximum Gasteiger partial charge on any atom is 0.336 e. The first kappa shape index (κ1) is 15.0. The van der Waals surface area contributed by atoms with Crippen molar-refractivity contribution in [3.63, 3.8) is 0 Å². The molecule has 0 atom stereocenters. The van der Waals surface area contributed by atoms with E-state index in [1.807, 2.05) is 6.92 Å². The van der Waals surface area contributed by atoms with Gasteiger partial charge in [-0.25, -0.2) is 13.2 Å². The van der Waals surface area contributed by atoms with E-state index in [0.717, 1.165) is 0 Å². The lowest BCUT2D eigenvalue weighted by molar-refractivity contribution is 0.0695. The van der Waals surface area contributed by atoms with Crippen molar-refractivity contribution in [1.82, 2.24) is 9.78 Å². The SMILES string of the molecule is CCc1ccc(S(=O)(=O)Nc2cnn(C)c2)cc1C(=O)O. The summed E-state index contributed by atoms with van der Waals surface area (Å²) in [6.07, 6.45) is 3.39. The smallest absolute Gasteiger partial charge is 0.336 e. The van der Waals surface area contributed by atoms with Crippen LogP contribution in [0.25, 0.3) is 0 Å². The third-order valence-electron chi connectivity index (χ3n) is 2.96. The Balaban J connectivity index is 2.40. The molecule has 0 saturated carbocycles. The van der Waals surface area contributed by atoms with Gasteiger partial charge in [0.2, 0.25) is 0 Å². The summed E-state index contributed by atoms with van der Waals surface area (Å²) in [6, 6.07) is 4.07. The second kappa shape index (κ2) is 5.57. The standard InChI is InChI=1S/C13H15N3O4S/c1-3-9-4-5-11(6-12(9)13(17)18)21(19,20)15-10-7-14-16(2)8-10/h4-8,15H,3H2,1-2H3,(H,17,18). The highest BCUT2D eigenvalue weighted by atomic mass is 32.2. The number of carboxylic acids is 1. The number of carboxylic acid groups (broad SMARTS) is 1. The Morgan fingerprint density at radius 1 is 1.43 bits per heavy atom. The van der Waals surface area contributed by atoms with Crippen LogP contribution in [0.1, 0.15) is 22.8 Å². The lowest BCUT2D eigenvalue weighted by Crippen LogP contribution is -2.14. The zero-order valence-corrected chi connectivity index (χ0v) is 12.4. The Kier molecular flexibility index (Phi) is 3.99. The summed E-state index contributed by atoms with van der Waals surface area (Å²) in [5, 5.41) is 13.0. The minimum absolute atomic E-state index is 0.00781. The number of benzene rings is 1. The second-order valence-electron chi connectivity index (χ2n) is 4.49. The molecule has 0 fully saturated rings. The molecule has 0 aliphatic rings. The fraction of sp³-hybridized carbons (Fsp3) is 0.231. The van der Waals surface area contributed by atoms with Crippen LogP contribution in [0.15, 0.2) is 35.5 Å². The number of carbonyl (C=O) groups is 1. The van der Waals surface area contributed by atoms with Gasteiger partial charge in [-0.1, -0.05) is 13.0 Å². The first-order chi connectivity index (χ1) is 9.83. The number of aryl methyl sites for hydroxylation is 2. The highest BCUT2D eigenvalue weighted by Gasteiger charge is 2.19. The molecule has 112 valence electrons. The molecule has 0 bridgehead atoms. The van der Waals surface area contributed by atoms with Crippen molar-refractivity contribution in [3.05, 3.63) is 41.7 Å². The highest BCUT2D eigenvalue weighted by molar-refractivity contribution is 7.92. The van der Waals surface area contributed by atoms with Gasteiger partial charge >= 0.3 is 5.97 Å². The Morgan fingerprint density at radius 3 is 2.67 bits per heavy atom. The maximum atomic E-state index is 12.2. The molecule has 0 spiro atoms. The van der Waals surface area contributed by atoms with Gasteiger partial charge in [0, 0.05) is 13.2 Å². The molecule has 1 heterocycles. The molecule has 0 aliphatic heterocycles. The van der Waals surface area contributed by atoms with Gasteiger partial charge in [0.15, 0.2) is 0 Å². The van der Waals surface area contributed by atoms with Crippen molar-refractivity contribution in [2.75, 3.05) is 4.72 Å². The first-order valence-electron chi connectivity index (χ1n) is 6.21. The van der Waals surface area contributed by atoms with E-state index >= 15 is 0 Å². The summed E-state index contributed by atoms with van der Waals surface area (Å²) in [6.45, 7) is 1.81. The fourth-order valence-corrected chi connectivity index (χ4v) is 2.97. The predicted octanol–water partition coefficient (Wildman–Crippen LogP) is 1.48. The quantitative estimate of drug-likeness (QED) is 0.871. The van der Waals surface area contributed by atoms with Crippen molar-refractivity contribution >= 4 is 21.7 Å². The lowest BCUT2D eigenvalue weighted by atomic mass is 10.1. The largest absolute Gasteiger partial charge is 0.478 e. The number of aromatic nitrogens is 2. The van der Waals surface area contributed by atoms with E-state index in [2.05, 4.69) is 9.82 Å². The lowest BCUT2D eigenvalue weighted by Gasteiger charge is -2.09. The normalized spacial score (nSPS) is 11.3. The summed E-state index contributed by atoms with van der Waals surface area (Å²) in [5.74, 6) is -1.15. The van der Waals surface area contributed by atoms with Gasteiger partial charge in [-0.2, -0.15) is 5.10 Å². The second-order valence-corrected chi connectivity index (χ2v) is 6.17. The average Bonchev–Trinajstić information content (AvgIpc) is 2.82. The Morgan fingerprint density at radius 2 is 2.14 bits per heavy atom. The number of hydrogen-bond acceptors (Lipinski definition) is 4. The van der Waals surface area contributed by atoms with Crippen LogP contribution in [0.3, 0.4) is 0 Å². The van der Waals surface area contributed by atoms with E-state index in [1.165, 1.54) is 35.3 Å². The molecule has 7 nitrogen and oxygen atoms in total. The van der Waals surface area contributed by atoms with E-state index in [1.54, 1.807) is 7.05 Å². The van der Waals surface area contributed by atoms with Crippen LogP contribution in [0.2, 0.25) is 0 Å². The molecule has 2 N–H and O–H groups in total. The summed E-state index contributed by atoms with van der Waals surface area (Å²) in [7, 11) is -2.18. The van der Waals surface area contributed by atoms with Crippen molar-refractivity contribution in [3.8, 4) is 0 Å². The van der Waals surface area contributed by atoms with Crippen LogP contribution in [-0.2, 0) is 23.5 Å². The van der Waals surface area contributed by atoms with Crippen molar-refractivity contribution in [2.45, 2.75) is 18.2 Å². The molecule has 2 rings (SSSR count). The summed E-state index contributed by atoms with van der Waals surface area (Å²) >= 11 is 0. The molecular formula is C13H15N3O4S. The van der Waals surface area contributed by atoms with Gasteiger partial charge in [-0.3, -0.25) is 9.40 Å². The molecule has 0 amide bonds. The monoisotopic (exact) mass is 309 g/mol. The molecule has 0 aliphatic carbocycles. The molecule has 1 aromatic heterocycles. The van der Waals surface area contributed by atoms with Crippen LogP contribution < -0.4 is 4.72 Å². The van der Waals surface area contributed by atoms with E-state index in [4.69, 9.17) is 5.11 Å². The Hall–Kier alpha value is -2.35. The number of anilines is 1. The maximum absolute atomic E-state index is 12.2. The van der Waals surface area contributed by atoms with E-state index < -0.39 is 16.0 Å². The molecule has 21 heavy (non-hydrogen) atoms. The number of sulfonamides is 1. The first-order valence-corrected chi connectivity index (χ1v) is 7.69. The summed E-state index contributed by atoms with van der Waals surface area (Å²) in [5.41, 5.74) is 0.892. The molecule has 0 saturated heterocycles. The Labute approximate surface area is 122 Å². The zero-order valence-electron chi connectivity index (χ0n) is 11.6. The van der Waals surface area contributed by atoms with Crippen molar-refractivity contribution in [1.29, 1.82) is 0 Å². The molecule has 0 radical (unpaired) electrons. The van der Waals surface area contributed by atoms with Crippen LogP contribution in [0, 0.1) is 0 Å². The van der Waals surface area contributed by atoms with Crippen molar-refractivity contribution in [2.24, 2.45) is 7.05 Å². The summed E-state index contributed by atoms with van der Waals surface area (Å²) < 4.78 is 28.3. The van der Waals surface area contributed by atoms with Gasteiger partial charge in [0.05, 0.1) is 22.3 Å². The van der Waals surface area contributed by atoms with Gasteiger partial charge in [-0.05, 0) is 24.1 Å². The fourth-order valence-electron chi connectivity index (χ4n) is 1.92. The van der Waals surface area contributed by atoms with Crippen LogP contribution >= 0.6 is 0 Å². The predicted molar refractivity (Wildman–Crippen MR) is 76.8 cm³/mol. The molecule has 1 aromatic carbocycles. The number of rotatable bonds is 5. The van der Waals surface area contributed by atoms with Crippen LogP contribution in [0.5, 0.6) is 0 Å². The number of aromatic carboxylic acids is 1. The van der Waals surface area contributed by atoms with E-state index in [-0.39, 0.29) is 10.5 Å². The van der Waals surface area contributed by atoms with E-state index in [9.17, 15) is 13.2 Å². The molecule has 8 heteroatoms. The van der Waals surface area contributed by atoms with Gasteiger partial charge in [-0.15, -0.1) is 0 Å². The average molecular weight is 309 g/mol. The third-order valence-corrected chi connectivity index (χ3v) is 4.34. The molecular weight excluding hydrogens is 294 g/mol. The third kappa shape index (κ3) is 3.22.